The number of rotatable bonds is 4. The van der Waals surface area contributed by atoms with E-state index in [0.717, 1.165) is 27.9 Å². The van der Waals surface area contributed by atoms with Gasteiger partial charge in [0.15, 0.2) is 0 Å². The molecule has 11 heteroatoms. The number of anilines is 1. The van der Waals surface area contributed by atoms with Crippen LogP contribution < -0.4 is 22.6 Å². The average molecular weight is 572 g/mol. The third-order valence-electron chi connectivity index (χ3n) is 7.81. The van der Waals surface area contributed by atoms with E-state index in [2.05, 4.69) is 39.3 Å². The second-order valence-electron chi connectivity index (χ2n) is 10.6. The van der Waals surface area contributed by atoms with E-state index in [4.69, 9.17) is 0 Å². The average Bonchev–Trinajstić information content (AvgIpc) is 3.03. The molecule has 0 radical (unpaired) electrons. The molecular weight excluding hydrogens is 534 g/mol. The zero-order valence-electron chi connectivity index (χ0n) is 23.7. The van der Waals surface area contributed by atoms with Crippen LogP contribution in [-0.4, -0.2) is 63.5 Å². The van der Waals surface area contributed by atoms with Crippen molar-refractivity contribution in [3.05, 3.63) is 106 Å². The maximum atomic E-state index is 13.6. The predicted molar refractivity (Wildman–Crippen MR) is 163 cm³/mol. The summed E-state index contributed by atoms with van der Waals surface area (Å²) in [7, 11) is 0. The molecule has 8 N–H and O–H groups in total. The summed E-state index contributed by atoms with van der Waals surface area (Å²) in [5, 5.41) is 12.3. The van der Waals surface area contributed by atoms with E-state index >= 15 is 0 Å². The maximum Gasteiger partial charge on any atom is 0.272 e. The topological polar surface area (TPSA) is 182 Å². The fourth-order valence-corrected chi connectivity index (χ4v) is 5.83. The number of carbonyl (C=O) groups is 2. The number of hydrogen-bond donors (Lipinski definition) is 4. The van der Waals surface area contributed by atoms with E-state index in [9.17, 15) is 14.4 Å². The highest BCUT2D eigenvalue weighted by Crippen LogP contribution is 2.46. The molecule has 0 bridgehead atoms. The summed E-state index contributed by atoms with van der Waals surface area (Å²) >= 11 is 0. The molecule has 1 aromatic heterocycles. The lowest BCUT2D eigenvalue weighted by atomic mass is 9.79. The summed E-state index contributed by atoms with van der Waals surface area (Å²) < 4.78 is 0. The van der Waals surface area contributed by atoms with E-state index in [1.807, 2.05) is 84.3 Å². The van der Waals surface area contributed by atoms with Crippen LogP contribution in [0.1, 0.15) is 53.0 Å². The zero-order valence-corrected chi connectivity index (χ0v) is 23.7. The number of hydrazine groups is 1. The van der Waals surface area contributed by atoms with Gasteiger partial charge in [0.05, 0.1) is 23.0 Å². The van der Waals surface area contributed by atoms with Gasteiger partial charge in [-0.25, -0.2) is 5.10 Å². The van der Waals surface area contributed by atoms with Crippen LogP contribution in [0.2, 0.25) is 0 Å². The molecule has 0 aliphatic carbocycles. The van der Waals surface area contributed by atoms with Gasteiger partial charge in [-0.05, 0) is 35.4 Å². The SMILES string of the molecule is CC(C)C(=O)N1CCN(C(=O)c2cccc(C3c4n[nH]c(=O)c5cccc(c45)NC3c3ccccc3)c2)CC1.NN.O. The lowest BCUT2D eigenvalue weighted by molar-refractivity contribution is -0.135. The molecule has 3 aromatic carbocycles. The molecule has 2 aliphatic heterocycles. The summed E-state index contributed by atoms with van der Waals surface area (Å²) in [4.78, 5) is 42.2. The monoisotopic (exact) mass is 571 g/mol. The van der Waals surface area contributed by atoms with Gasteiger partial charge in [0.1, 0.15) is 0 Å². The first kappa shape index (κ1) is 30.4. The highest BCUT2D eigenvalue weighted by molar-refractivity contribution is 5.98. The molecule has 4 aromatic rings. The molecular formula is C31H37N7O4. The number of piperazine rings is 1. The van der Waals surface area contributed by atoms with Crippen LogP contribution in [0.3, 0.4) is 0 Å². The van der Waals surface area contributed by atoms with Crippen molar-refractivity contribution in [2.75, 3.05) is 31.5 Å². The van der Waals surface area contributed by atoms with Gasteiger partial charge in [0.2, 0.25) is 5.91 Å². The third kappa shape index (κ3) is 5.62. The van der Waals surface area contributed by atoms with Crippen molar-refractivity contribution in [3.8, 4) is 0 Å². The Labute approximate surface area is 243 Å². The normalized spacial score (nSPS) is 17.5. The fourth-order valence-electron chi connectivity index (χ4n) is 5.83. The quantitative estimate of drug-likeness (QED) is 0.214. The molecule has 2 amide bonds. The number of nitrogens with two attached hydrogens (primary N) is 2. The summed E-state index contributed by atoms with van der Waals surface area (Å²) in [6, 6.07) is 23.4. The minimum absolute atomic E-state index is 0. The molecule has 42 heavy (non-hydrogen) atoms. The largest absolute Gasteiger partial charge is 0.412 e. The number of carbonyl (C=O) groups excluding carboxylic acids is 2. The van der Waals surface area contributed by atoms with Gasteiger partial charge in [-0.1, -0.05) is 62.4 Å². The van der Waals surface area contributed by atoms with E-state index in [1.54, 1.807) is 0 Å². The van der Waals surface area contributed by atoms with Crippen molar-refractivity contribution in [1.29, 1.82) is 0 Å². The Bertz CT molecular complexity index is 1610. The predicted octanol–water partition coefficient (Wildman–Crippen LogP) is 2.16. The Balaban J connectivity index is 0.00000132. The number of benzene rings is 3. The number of aromatic nitrogens is 2. The second kappa shape index (κ2) is 12.9. The lowest BCUT2D eigenvalue weighted by Crippen LogP contribution is -2.51. The van der Waals surface area contributed by atoms with Crippen molar-refractivity contribution < 1.29 is 15.1 Å². The number of amides is 2. The molecule has 6 rings (SSSR count). The first-order valence-corrected chi connectivity index (χ1v) is 13.8. The molecule has 2 unspecified atom stereocenters. The minimum atomic E-state index is -0.241. The van der Waals surface area contributed by atoms with Crippen molar-refractivity contribution in [1.82, 2.24) is 20.0 Å². The van der Waals surface area contributed by atoms with Gasteiger partial charge in [-0.15, -0.1) is 0 Å². The van der Waals surface area contributed by atoms with Crippen LogP contribution in [0.25, 0.3) is 10.8 Å². The van der Waals surface area contributed by atoms with Crippen molar-refractivity contribution in [3.63, 3.8) is 0 Å². The molecule has 3 heterocycles. The van der Waals surface area contributed by atoms with Crippen molar-refractivity contribution in [2.45, 2.75) is 25.8 Å². The molecule has 1 fully saturated rings. The van der Waals surface area contributed by atoms with Crippen LogP contribution in [0.4, 0.5) is 5.69 Å². The molecule has 0 spiro atoms. The molecule has 220 valence electrons. The third-order valence-corrected chi connectivity index (χ3v) is 7.81. The summed E-state index contributed by atoms with van der Waals surface area (Å²) in [5.74, 6) is 7.79. The minimum Gasteiger partial charge on any atom is -0.412 e. The number of H-pyrrole nitrogens is 1. The Hall–Kier alpha value is -4.58. The molecule has 0 saturated carbocycles. The van der Waals surface area contributed by atoms with Crippen LogP contribution in [0, 0.1) is 5.92 Å². The van der Waals surface area contributed by atoms with Gasteiger partial charge in [-0.3, -0.25) is 26.1 Å². The first-order chi connectivity index (χ1) is 19.9. The van der Waals surface area contributed by atoms with E-state index < -0.39 is 0 Å². The second-order valence-corrected chi connectivity index (χ2v) is 10.6. The lowest BCUT2D eigenvalue weighted by Gasteiger charge is -2.36. The summed E-state index contributed by atoms with van der Waals surface area (Å²) in [6.45, 7) is 5.90. The summed E-state index contributed by atoms with van der Waals surface area (Å²) in [6.07, 6.45) is 0. The molecule has 11 nitrogen and oxygen atoms in total. The van der Waals surface area contributed by atoms with Gasteiger partial charge in [-0.2, -0.15) is 5.10 Å². The van der Waals surface area contributed by atoms with Crippen LogP contribution in [0.5, 0.6) is 0 Å². The molecule has 2 aliphatic rings. The summed E-state index contributed by atoms with van der Waals surface area (Å²) in [5.41, 5.74) is 4.04. The highest BCUT2D eigenvalue weighted by atomic mass is 16.2. The van der Waals surface area contributed by atoms with Gasteiger partial charge < -0.3 is 20.6 Å². The Morgan fingerprint density at radius 2 is 1.52 bits per heavy atom. The van der Waals surface area contributed by atoms with Crippen LogP contribution in [0.15, 0.2) is 77.6 Å². The van der Waals surface area contributed by atoms with Gasteiger partial charge in [0.25, 0.3) is 11.5 Å². The number of aromatic amines is 1. The molecule has 1 saturated heterocycles. The highest BCUT2D eigenvalue weighted by Gasteiger charge is 2.35. The number of hydrogen-bond acceptors (Lipinski definition) is 7. The van der Waals surface area contributed by atoms with Crippen LogP contribution >= 0.6 is 0 Å². The fraction of sp³-hybridized carbons (Fsp3) is 0.290. The van der Waals surface area contributed by atoms with E-state index in [-0.39, 0.29) is 40.7 Å². The Kier molecular flexibility index (Phi) is 9.36. The molecule has 2 atom stereocenters. The first-order valence-electron chi connectivity index (χ1n) is 13.8. The smallest absolute Gasteiger partial charge is 0.272 e. The standard InChI is InChI=1S/C31H31N5O3.H4N2.H2O/c1-19(2)30(38)35-14-16-36(17-15-35)31(39)22-11-6-10-21(18-22)25-27(20-8-4-3-5-9-20)32-24-13-7-12-23-26(24)28(25)33-34-29(23)37;1-2;/h3-13,18-19,25,27,32H,14-17H2,1-2H3,(H,34,37);1-2H2;1H2. The number of nitrogens with one attached hydrogen (secondary N) is 2. The van der Waals surface area contributed by atoms with Crippen molar-refractivity contribution in [2.24, 2.45) is 17.6 Å². The zero-order chi connectivity index (χ0) is 29.1. The van der Waals surface area contributed by atoms with Gasteiger partial charge in [0, 0.05) is 48.7 Å². The Morgan fingerprint density at radius 3 is 2.21 bits per heavy atom. The van der Waals surface area contributed by atoms with Crippen molar-refractivity contribution >= 4 is 28.3 Å². The van der Waals surface area contributed by atoms with Crippen LogP contribution in [-0.2, 0) is 4.79 Å². The van der Waals surface area contributed by atoms with E-state index in [1.165, 1.54) is 0 Å². The number of nitrogens with zero attached hydrogens (tertiary/aromatic N) is 3. The Morgan fingerprint density at radius 1 is 0.881 bits per heavy atom. The maximum absolute atomic E-state index is 13.6. The van der Waals surface area contributed by atoms with Gasteiger partial charge >= 0.3 is 0 Å². The van der Waals surface area contributed by atoms with E-state index in [0.29, 0.717) is 37.1 Å².